The summed E-state index contributed by atoms with van der Waals surface area (Å²) in [7, 11) is 0. The number of hydrogen-bond donors (Lipinski definition) is 1. The minimum Gasteiger partial charge on any atom is -0.355 e. The van der Waals surface area contributed by atoms with Gasteiger partial charge in [0, 0.05) is 25.0 Å². The van der Waals surface area contributed by atoms with Crippen molar-refractivity contribution < 1.29 is 14.0 Å². The van der Waals surface area contributed by atoms with E-state index in [9.17, 15) is 14.0 Å². The fourth-order valence-electron chi connectivity index (χ4n) is 6.96. The van der Waals surface area contributed by atoms with E-state index >= 15 is 0 Å². The number of nitrogens with zero attached hydrogens (tertiary/aromatic N) is 1. The molecule has 1 N–H and O–H groups in total. The van der Waals surface area contributed by atoms with Crippen molar-refractivity contribution in [1.29, 1.82) is 0 Å². The number of nitrogens with one attached hydrogen (secondary N) is 1. The lowest BCUT2D eigenvalue weighted by Crippen LogP contribution is -2.54. The van der Waals surface area contributed by atoms with Crippen molar-refractivity contribution in [3.63, 3.8) is 0 Å². The molecule has 4 saturated carbocycles. The van der Waals surface area contributed by atoms with Crippen molar-refractivity contribution in [1.82, 2.24) is 10.2 Å². The van der Waals surface area contributed by atoms with E-state index in [0.717, 1.165) is 49.9 Å². The van der Waals surface area contributed by atoms with Crippen LogP contribution in [0.4, 0.5) is 4.39 Å². The second kappa shape index (κ2) is 7.41. The van der Waals surface area contributed by atoms with E-state index in [0.29, 0.717) is 31.5 Å². The standard InChI is InChI=1S/C24H31FN2O2/c25-21-4-2-1-3-20(21)22(28)27-7-5-16(6-8-27)15-26-23(29)24-12-17-9-18(13-24)11-19(10-17)14-24/h1-4,16-19H,5-15H2,(H,26,29). The lowest BCUT2D eigenvalue weighted by molar-refractivity contribution is -0.146. The van der Waals surface area contributed by atoms with E-state index in [1.807, 2.05) is 0 Å². The molecular weight excluding hydrogens is 367 g/mol. The SMILES string of the molecule is O=C(c1ccccc1F)N1CCC(CNC(=O)C23CC4CC(CC(C4)C2)C3)CC1. The Balaban J connectivity index is 1.13. The van der Waals surface area contributed by atoms with Crippen LogP contribution >= 0.6 is 0 Å². The molecule has 29 heavy (non-hydrogen) atoms. The van der Waals surface area contributed by atoms with Gasteiger partial charge in [-0.05, 0) is 87.2 Å². The van der Waals surface area contributed by atoms with Crippen LogP contribution in [0.3, 0.4) is 0 Å². The molecule has 0 atom stereocenters. The van der Waals surface area contributed by atoms with Crippen molar-refractivity contribution in [3.05, 3.63) is 35.6 Å². The average Bonchev–Trinajstić information content (AvgIpc) is 2.71. The maximum absolute atomic E-state index is 13.9. The Labute approximate surface area is 172 Å². The van der Waals surface area contributed by atoms with Crippen LogP contribution in [0.1, 0.15) is 61.7 Å². The van der Waals surface area contributed by atoms with E-state index in [2.05, 4.69) is 5.32 Å². The second-order valence-corrected chi connectivity index (χ2v) is 10.1. The van der Waals surface area contributed by atoms with Gasteiger partial charge in [0.1, 0.15) is 5.82 Å². The van der Waals surface area contributed by atoms with Crippen molar-refractivity contribution >= 4 is 11.8 Å². The summed E-state index contributed by atoms with van der Waals surface area (Å²) in [6, 6.07) is 6.18. The fourth-order valence-corrected chi connectivity index (χ4v) is 6.96. The lowest BCUT2D eigenvalue weighted by Gasteiger charge is -2.55. The summed E-state index contributed by atoms with van der Waals surface area (Å²) in [5.41, 5.74) is 0.0667. The zero-order valence-corrected chi connectivity index (χ0v) is 17.0. The van der Waals surface area contributed by atoms with E-state index in [1.165, 1.54) is 25.3 Å². The minimum absolute atomic E-state index is 0.0870. The predicted molar refractivity (Wildman–Crippen MR) is 109 cm³/mol. The molecule has 1 heterocycles. The van der Waals surface area contributed by atoms with Gasteiger partial charge < -0.3 is 10.2 Å². The Kier molecular flexibility index (Phi) is 4.87. The predicted octanol–water partition coefficient (Wildman–Crippen LogP) is 4.01. The summed E-state index contributed by atoms with van der Waals surface area (Å²) >= 11 is 0. The lowest BCUT2D eigenvalue weighted by atomic mass is 9.49. The van der Waals surface area contributed by atoms with Crippen LogP contribution in [0, 0.1) is 34.9 Å². The van der Waals surface area contributed by atoms with Gasteiger partial charge in [0.05, 0.1) is 5.56 Å². The van der Waals surface area contributed by atoms with Crippen LogP contribution in [-0.2, 0) is 4.79 Å². The Morgan fingerprint density at radius 1 is 1.00 bits per heavy atom. The smallest absolute Gasteiger partial charge is 0.256 e. The molecule has 4 aliphatic carbocycles. The minimum atomic E-state index is -0.456. The normalized spacial score (nSPS) is 33.7. The van der Waals surface area contributed by atoms with Crippen LogP contribution in [0.15, 0.2) is 24.3 Å². The summed E-state index contributed by atoms with van der Waals surface area (Å²) in [5, 5.41) is 3.29. The van der Waals surface area contributed by atoms with Crippen molar-refractivity contribution in [3.8, 4) is 0 Å². The van der Waals surface area contributed by atoms with Gasteiger partial charge >= 0.3 is 0 Å². The largest absolute Gasteiger partial charge is 0.355 e. The highest BCUT2D eigenvalue weighted by atomic mass is 19.1. The molecule has 1 aromatic carbocycles. The molecule has 0 unspecified atom stereocenters. The molecule has 0 radical (unpaired) electrons. The van der Waals surface area contributed by atoms with Gasteiger partial charge in [0.25, 0.3) is 5.91 Å². The van der Waals surface area contributed by atoms with Gasteiger partial charge in [-0.1, -0.05) is 12.1 Å². The van der Waals surface area contributed by atoms with Crippen LogP contribution < -0.4 is 5.32 Å². The molecule has 156 valence electrons. The summed E-state index contributed by atoms with van der Waals surface area (Å²) in [4.78, 5) is 27.4. The number of halogens is 1. The highest BCUT2D eigenvalue weighted by Gasteiger charge is 2.54. The monoisotopic (exact) mass is 398 g/mol. The summed E-state index contributed by atoms with van der Waals surface area (Å²) < 4.78 is 13.9. The number of amides is 2. The Bertz CT molecular complexity index is 765. The van der Waals surface area contributed by atoms with Gasteiger partial charge in [-0.15, -0.1) is 0 Å². The maximum Gasteiger partial charge on any atom is 0.256 e. The zero-order chi connectivity index (χ0) is 20.0. The Hall–Kier alpha value is -1.91. The summed E-state index contributed by atoms with van der Waals surface area (Å²) in [6.07, 6.45) is 9.06. The van der Waals surface area contributed by atoms with E-state index in [-0.39, 0.29) is 16.9 Å². The molecule has 1 saturated heterocycles. The first kappa shape index (κ1) is 19.1. The molecule has 0 aromatic heterocycles. The molecular formula is C24H31FN2O2. The zero-order valence-electron chi connectivity index (χ0n) is 17.0. The quantitative estimate of drug-likeness (QED) is 0.833. The average molecular weight is 399 g/mol. The van der Waals surface area contributed by atoms with Crippen molar-refractivity contribution in [2.24, 2.45) is 29.1 Å². The highest BCUT2D eigenvalue weighted by Crippen LogP contribution is 2.60. The number of carbonyl (C=O) groups is 2. The summed E-state index contributed by atoms with van der Waals surface area (Å²) in [5.74, 6) is 2.35. The van der Waals surface area contributed by atoms with Crippen LogP contribution in [0.5, 0.6) is 0 Å². The molecule has 1 aliphatic heterocycles. The molecule has 2 amide bonds. The molecule has 1 aromatic rings. The third-order valence-electron chi connectivity index (χ3n) is 8.08. The second-order valence-electron chi connectivity index (χ2n) is 10.1. The third-order valence-corrected chi connectivity index (χ3v) is 8.08. The van der Waals surface area contributed by atoms with Gasteiger partial charge in [0.15, 0.2) is 0 Å². The molecule has 0 spiro atoms. The van der Waals surface area contributed by atoms with Crippen LogP contribution in [0.25, 0.3) is 0 Å². The van der Waals surface area contributed by atoms with E-state index in [1.54, 1.807) is 23.1 Å². The third kappa shape index (κ3) is 3.57. The molecule has 4 nitrogen and oxygen atoms in total. The number of carbonyl (C=O) groups excluding carboxylic acids is 2. The van der Waals surface area contributed by atoms with Gasteiger partial charge in [-0.3, -0.25) is 9.59 Å². The van der Waals surface area contributed by atoms with Gasteiger partial charge in [0.2, 0.25) is 5.91 Å². The van der Waals surface area contributed by atoms with Crippen LogP contribution in [-0.4, -0.2) is 36.3 Å². The Morgan fingerprint density at radius 2 is 1.59 bits per heavy atom. The first-order valence-electron chi connectivity index (χ1n) is 11.3. The van der Waals surface area contributed by atoms with E-state index in [4.69, 9.17) is 0 Å². The number of benzene rings is 1. The number of rotatable bonds is 4. The summed E-state index contributed by atoms with van der Waals surface area (Å²) in [6.45, 7) is 1.97. The van der Waals surface area contributed by atoms with Crippen molar-refractivity contribution in [2.75, 3.05) is 19.6 Å². The first-order chi connectivity index (χ1) is 14.0. The fraction of sp³-hybridized carbons (Fsp3) is 0.667. The van der Waals surface area contributed by atoms with Crippen molar-refractivity contribution in [2.45, 2.75) is 51.4 Å². The molecule has 4 bridgehead atoms. The first-order valence-corrected chi connectivity index (χ1v) is 11.3. The molecule has 5 fully saturated rings. The van der Waals surface area contributed by atoms with Gasteiger partial charge in [-0.25, -0.2) is 4.39 Å². The highest BCUT2D eigenvalue weighted by molar-refractivity contribution is 5.94. The number of hydrogen-bond acceptors (Lipinski definition) is 2. The molecule has 5 heteroatoms. The molecule has 5 aliphatic rings. The Morgan fingerprint density at radius 3 is 2.17 bits per heavy atom. The van der Waals surface area contributed by atoms with Crippen LogP contribution in [0.2, 0.25) is 0 Å². The van der Waals surface area contributed by atoms with E-state index < -0.39 is 5.82 Å². The number of piperidine rings is 1. The van der Waals surface area contributed by atoms with Gasteiger partial charge in [-0.2, -0.15) is 0 Å². The molecule has 6 rings (SSSR count). The topological polar surface area (TPSA) is 49.4 Å². The number of likely N-dealkylation sites (tertiary alicyclic amines) is 1. The maximum atomic E-state index is 13.9.